The van der Waals surface area contributed by atoms with Crippen LogP contribution in [0.25, 0.3) is 0 Å². The summed E-state index contributed by atoms with van der Waals surface area (Å²) in [6.07, 6.45) is 6.30. The van der Waals surface area contributed by atoms with Gasteiger partial charge in [0.15, 0.2) is 6.10 Å². The Kier molecular flexibility index (Phi) is 9.78. The maximum atomic E-state index is 13.3. The van der Waals surface area contributed by atoms with E-state index in [9.17, 15) is 4.79 Å². The monoisotopic (exact) mass is 435 g/mol. The van der Waals surface area contributed by atoms with Crippen LogP contribution in [0.1, 0.15) is 31.9 Å². The van der Waals surface area contributed by atoms with Crippen molar-refractivity contribution in [3.63, 3.8) is 0 Å². The number of benzene rings is 1. The zero-order valence-corrected chi connectivity index (χ0v) is 18.7. The lowest BCUT2D eigenvalue weighted by Crippen LogP contribution is -2.46. The molecule has 29 heavy (non-hydrogen) atoms. The van der Waals surface area contributed by atoms with Gasteiger partial charge in [-0.05, 0) is 81.9 Å². The molecule has 2 atom stereocenters. The van der Waals surface area contributed by atoms with E-state index in [1.807, 2.05) is 60.5 Å². The maximum Gasteiger partial charge on any atom is 0.263 e. The number of pyridine rings is 1. The van der Waals surface area contributed by atoms with E-state index in [-0.39, 0.29) is 24.4 Å². The van der Waals surface area contributed by atoms with Crippen molar-refractivity contribution in [2.24, 2.45) is 0 Å². The molecule has 2 unspecified atom stereocenters. The highest BCUT2D eigenvalue weighted by molar-refractivity contribution is 7.98. The lowest BCUT2D eigenvalue weighted by atomic mass is 10.1. The summed E-state index contributed by atoms with van der Waals surface area (Å²) in [5.41, 5.74) is 0.907. The van der Waals surface area contributed by atoms with Gasteiger partial charge in [0.25, 0.3) is 5.91 Å². The van der Waals surface area contributed by atoms with Crippen LogP contribution in [0.4, 0.5) is 0 Å². The van der Waals surface area contributed by atoms with Gasteiger partial charge in [0.2, 0.25) is 0 Å². The molecule has 1 amide bonds. The van der Waals surface area contributed by atoms with Gasteiger partial charge < -0.3 is 15.0 Å². The van der Waals surface area contributed by atoms with Gasteiger partial charge in [-0.1, -0.05) is 6.07 Å². The smallest absolute Gasteiger partial charge is 0.263 e. The van der Waals surface area contributed by atoms with Crippen molar-refractivity contribution in [3.05, 3.63) is 54.4 Å². The van der Waals surface area contributed by atoms with Crippen molar-refractivity contribution in [2.75, 3.05) is 19.3 Å². The number of nitrogens with zero attached hydrogens (tertiary/aromatic N) is 2. The number of rotatable bonds is 7. The molecule has 2 heterocycles. The van der Waals surface area contributed by atoms with Crippen molar-refractivity contribution in [3.8, 4) is 5.75 Å². The molecule has 1 aliphatic rings. The van der Waals surface area contributed by atoms with Crippen molar-refractivity contribution in [1.29, 1.82) is 0 Å². The SMILES string of the molecule is CSc1ccc(OC(C)C(=O)N(Cc2ccccn2)C2CCCNCC2)cc1.Cl. The normalized spacial score (nSPS) is 17.5. The van der Waals surface area contributed by atoms with Gasteiger partial charge in [0, 0.05) is 17.1 Å². The van der Waals surface area contributed by atoms with Crippen molar-refractivity contribution >= 4 is 30.1 Å². The van der Waals surface area contributed by atoms with E-state index in [2.05, 4.69) is 10.3 Å². The Bertz CT molecular complexity index is 737. The van der Waals surface area contributed by atoms with Crippen LogP contribution < -0.4 is 10.1 Å². The average molecular weight is 436 g/mol. The lowest BCUT2D eigenvalue weighted by molar-refractivity contribution is -0.141. The highest BCUT2D eigenvalue weighted by atomic mass is 35.5. The predicted octanol–water partition coefficient (Wildman–Crippen LogP) is 4.16. The zero-order valence-electron chi connectivity index (χ0n) is 17.0. The van der Waals surface area contributed by atoms with Gasteiger partial charge in [-0.3, -0.25) is 9.78 Å². The Morgan fingerprint density at radius 1 is 1.24 bits per heavy atom. The minimum atomic E-state index is -0.542. The molecule has 2 aromatic rings. The molecule has 0 saturated carbocycles. The number of amides is 1. The molecule has 158 valence electrons. The second kappa shape index (κ2) is 12.1. The average Bonchev–Trinajstić information content (AvgIpc) is 3.02. The minimum absolute atomic E-state index is 0. The predicted molar refractivity (Wildman–Crippen MR) is 121 cm³/mol. The van der Waals surface area contributed by atoms with Gasteiger partial charge >= 0.3 is 0 Å². The lowest BCUT2D eigenvalue weighted by Gasteiger charge is -2.33. The molecule has 5 nitrogen and oxygen atoms in total. The number of hydrogen-bond acceptors (Lipinski definition) is 5. The van der Waals surface area contributed by atoms with E-state index in [4.69, 9.17) is 4.74 Å². The maximum absolute atomic E-state index is 13.3. The number of nitrogens with one attached hydrogen (secondary N) is 1. The molecule has 0 radical (unpaired) electrons. The molecule has 7 heteroatoms. The van der Waals surface area contributed by atoms with Crippen LogP contribution in [0.2, 0.25) is 0 Å². The number of aromatic nitrogens is 1. The van der Waals surface area contributed by atoms with Crippen LogP contribution in [-0.2, 0) is 11.3 Å². The Morgan fingerprint density at radius 2 is 2.03 bits per heavy atom. The minimum Gasteiger partial charge on any atom is -0.481 e. The molecule has 1 saturated heterocycles. The van der Waals surface area contributed by atoms with Crippen LogP contribution in [-0.4, -0.2) is 47.3 Å². The third kappa shape index (κ3) is 6.91. The zero-order chi connectivity index (χ0) is 19.8. The second-order valence-electron chi connectivity index (χ2n) is 7.06. The van der Waals surface area contributed by atoms with E-state index in [0.717, 1.165) is 43.8 Å². The van der Waals surface area contributed by atoms with Gasteiger partial charge in [-0.25, -0.2) is 0 Å². The molecule has 0 aliphatic carbocycles. The summed E-state index contributed by atoms with van der Waals surface area (Å²) in [5.74, 6) is 0.741. The number of thioether (sulfide) groups is 1. The second-order valence-corrected chi connectivity index (χ2v) is 7.94. The molecule has 1 N–H and O–H groups in total. The van der Waals surface area contributed by atoms with Gasteiger partial charge in [0.05, 0.1) is 12.2 Å². The number of hydrogen-bond donors (Lipinski definition) is 1. The van der Waals surface area contributed by atoms with Crippen molar-refractivity contribution in [1.82, 2.24) is 15.2 Å². The summed E-state index contributed by atoms with van der Waals surface area (Å²) in [4.78, 5) is 20.9. The van der Waals surface area contributed by atoms with Crippen LogP contribution >= 0.6 is 24.2 Å². The van der Waals surface area contributed by atoms with E-state index in [1.165, 1.54) is 4.90 Å². The summed E-state index contributed by atoms with van der Waals surface area (Å²) in [6, 6.07) is 13.9. The van der Waals surface area contributed by atoms with E-state index >= 15 is 0 Å². The van der Waals surface area contributed by atoms with E-state index in [0.29, 0.717) is 6.54 Å². The highest BCUT2D eigenvalue weighted by Crippen LogP contribution is 2.22. The number of ether oxygens (including phenoxy) is 1. The standard InChI is InChI=1S/C22H29N3O2S.ClH/c1-17(27-20-8-10-21(28-2)11-9-20)22(26)25(16-18-6-3-4-14-24-18)19-7-5-13-23-15-12-19;/h3-4,6,8-11,14,17,19,23H,5,7,12-13,15-16H2,1-2H3;1H. The third-order valence-electron chi connectivity index (χ3n) is 5.05. The summed E-state index contributed by atoms with van der Waals surface area (Å²) in [7, 11) is 0. The van der Waals surface area contributed by atoms with Gasteiger partial charge in [-0.2, -0.15) is 0 Å². The molecule has 0 spiro atoms. The first-order chi connectivity index (χ1) is 13.7. The van der Waals surface area contributed by atoms with Crippen molar-refractivity contribution < 1.29 is 9.53 Å². The third-order valence-corrected chi connectivity index (χ3v) is 5.79. The number of carbonyl (C=O) groups is 1. The quantitative estimate of drug-likeness (QED) is 0.661. The van der Waals surface area contributed by atoms with E-state index < -0.39 is 6.10 Å². The van der Waals surface area contributed by atoms with Crippen LogP contribution in [0, 0.1) is 0 Å². The summed E-state index contributed by atoms with van der Waals surface area (Å²) < 4.78 is 5.98. The molecule has 3 rings (SSSR count). The molecule has 0 bridgehead atoms. The first-order valence-corrected chi connectivity index (χ1v) is 11.1. The number of halogens is 1. The Hall–Kier alpha value is -1.76. The first kappa shape index (κ1) is 23.5. The van der Waals surface area contributed by atoms with Crippen LogP contribution in [0.3, 0.4) is 0 Å². The van der Waals surface area contributed by atoms with Crippen molar-refractivity contribution in [2.45, 2.75) is 49.8 Å². The molecule has 1 aliphatic heterocycles. The molecule has 1 aromatic heterocycles. The van der Waals surface area contributed by atoms with Gasteiger partial charge in [0.1, 0.15) is 5.75 Å². The molecule has 1 aromatic carbocycles. The molecule has 1 fully saturated rings. The topological polar surface area (TPSA) is 54.5 Å². The summed E-state index contributed by atoms with van der Waals surface area (Å²) >= 11 is 1.69. The molecular formula is C22H30ClN3O2S. The molecular weight excluding hydrogens is 406 g/mol. The highest BCUT2D eigenvalue weighted by Gasteiger charge is 2.29. The van der Waals surface area contributed by atoms with Crippen LogP contribution in [0.15, 0.2) is 53.6 Å². The Morgan fingerprint density at radius 3 is 2.72 bits per heavy atom. The number of carbonyl (C=O) groups excluding carboxylic acids is 1. The van der Waals surface area contributed by atoms with Gasteiger partial charge in [-0.15, -0.1) is 24.2 Å². The fraction of sp³-hybridized carbons (Fsp3) is 0.455. The largest absolute Gasteiger partial charge is 0.481 e. The fourth-order valence-electron chi connectivity index (χ4n) is 3.51. The summed E-state index contributed by atoms with van der Waals surface area (Å²) in [6.45, 7) is 4.30. The fourth-order valence-corrected chi connectivity index (χ4v) is 3.92. The first-order valence-electron chi connectivity index (χ1n) is 9.89. The van der Waals surface area contributed by atoms with E-state index in [1.54, 1.807) is 18.0 Å². The Balaban J connectivity index is 0.00000300. The Labute approximate surface area is 184 Å². The van der Waals surface area contributed by atoms with Crippen LogP contribution in [0.5, 0.6) is 5.75 Å². The summed E-state index contributed by atoms with van der Waals surface area (Å²) in [5, 5.41) is 3.43.